The number of aromatic nitrogens is 2. The molecular weight excluding hydrogens is 222 g/mol. The van der Waals surface area contributed by atoms with E-state index in [2.05, 4.69) is 20.3 Å². The van der Waals surface area contributed by atoms with Gasteiger partial charge in [-0.2, -0.15) is 5.10 Å². The van der Waals surface area contributed by atoms with E-state index in [4.69, 9.17) is 0 Å². The molecule has 2 rings (SSSR count). The predicted molar refractivity (Wildman–Crippen MR) is 60.6 cm³/mol. The maximum atomic E-state index is 11.8. The smallest absolute Gasteiger partial charge is 0.356 e. The fraction of sp³-hybridized carbons (Fsp3) is 0.545. The molecule has 0 bridgehead atoms. The van der Waals surface area contributed by atoms with Crippen molar-refractivity contribution in [2.24, 2.45) is 5.41 Å². The quantitative estimate of drug-likeness (QED) is 0.775. The molecule has 1 heterocycles. The lowest BCUT2D eigenvalue weighted by atomic mass is 10.1. The van der Waals surface area contributed by atoms with Crippen LogP contribution in [0.4, 0.5) is 5.82 Å². The molecule has 1 aliphatic carbocycles. The van der Waals surface area contributed by atoms with Crippen molar-refractivity contribution in [2.45, 2.75) is 26.7 Å². The van der Waals surface area contributed by atoms with Crippen LogP contribution in [0.2, 0.25) is 0 Å². The van der Waals surface area contributed by atoms with Gasteiger partial charge in [-0.15, -0.1) is 0 Å². The van der Waals surface area contributed by atoms with Crippen molar-refractivity contribution in [1.29, 1.82) is 0 Å². The van der Waals surface area contributed by atoms with E-state index < -0.39 is 5.97 Å². The van der Waals surface area contributed by atoms with Crippen LogP contribution >= 0.6 is 0 Å². The third-order valence-corrected chi connectivity index (χ3v) is 3.18. The maximum Gasteiger partial charge on any atom is 0.356 e. The molecule has 6 heteroatoms. The van der Waals surface area contributed by atoms with Crippen molar-refractivity contribution >= 4 is 17.7 Å². The highest BCUT2D eigenvalue weighted by Gasteiger charge is 2.45. The second-order valence-corrected chi connectivity index (χ2v) is 4.58. The SMILES string of the molecule is COC(=O)c1[nH]nc(NC(=O)C2(C)CC2)c1C. The standard InChI is InChI=1S/C11H15N3O3/c1-6-7(9(15)17-3)13-14-8(6)12-10(16)11(2)4-5-11/h4-5H2,1-3H3,(H2,12,13,14,16). The van der Waals surface area contributed by atoms with E-state index in [-0.39, 0.29) is 17.0 Å². The molecular formula is C11H15N3O3. The molecule has 0 aliphatic heterocycles. The molecule has 1 amide bonds. The second kappa shape index (κ2) is 3.87. The summed E-state index contributed by atoms with van der Waals surface area (Å²) in [6.45, 7) is 3.62. The molecule has 1 saturated carbocycles. The van der Waals surface area contributed by atoms with Gasteiger partial charge in [-0.05, 0) is 19.8 Å². The third-order valence-electron chi connectivity index (χ3n) is 3.18. The van der Waals surface area contributed by atoms with Gasteiger partial charge in [-0.25, -0.2) is 4.79 Å². The number of nitrogens with zero attached hydrogens (tertiary/aromatic N) is 1. The second-order valence-electron chi connectivity index (χ2n) is 4.58. The lowest BCUT2D eigenvalue weighted by molar-refractivity contribution is -0.120. The van der Waals surface area contributed by atoms with Crippen LogP contribution < -0.4 is 5.32 Å². The van der Waals surface area contributed by atoms with Crippen LogP contribution in [0.15, 0.2) is 0 Å². The van der Waals surface area contributed by atoms with Gasteiger partial charge in [-0.1, -0.05) is 6.92 Å². The van der Waals surface area contributed by atoms with Crippen LogP contribution in [0.3, 0.4) is 0 Å². The Morgan fingerprint density at radius 2 is 2.12 bits per heavy atom. The zero-order valence-electron chi connectivity index (χ0n) is 10.1. The lowest BCUT2D eigenvalue weighted by Crippen LogP contribution is -2.22. The number of esters is 1. The van der Waals surface area contributed by atoms with Crippen LogP contribution in [0, 0.1) is 12.3 Å². The Hall–Kier alpha value is -1.85. The van der Waals surface area contributed by atoms with Gasteiger partial charge >= 0.3 is 5.97 Å². The Labute approximate surface area is 98.7 Å². The Morgan fingerprint density at radius 3 is 2.65 bits per heavy atom. The molecule has 1 fully saturated rings. The molecule has 0 saturated heterocycles. The summed E-state index contributed by atoms with van der Waals surface area (Å²) in [6.07, 6.45) is 1.79. The molecule has 0 spiro atoms. The van der Waals surface area contributed by atoms with E-state index in [0.29, 0.717) is 11.4 Å². The highest BCUT2D eigenvalue weighted by atomic mass is 16.5. The van der Waals surface area contributed by atoms with Crippen LogP contribution in [0.25, 0.3) is 0 Å². The molecule has 0 radical (unpaired) electrons. The number of hydrogen-bond donors (Lipinski definition) is 2. The summed E-state index contributed by atoms with van der Waals surface area (Å²) in [6, 6.07) is 0. The highest BCUT2D eigenvalue weighted by Crippen LogP contribution is 2.45. The van der Waals surface area contributed by atoms with Crippen molar-refractivity contribution in [3.63, 3.8) is 0 Å². The zero-order chi connectivity index (χ0) is 12.6. The summed E-state index contributed by atoms with van der Waals surface area (Å²) in [4.78, 5) is 23.2. The van der Waals surface area contributed by atoms with E-state index in [1.807, 2.05) is 6.92 Å². The molecule has 92 valence electrons. The van der Waals surface area contributed by atoms with Crippen LogP contribution in [-0.4, -0.2) is 29.2 Å². The first-order valence-corrected chi connectivity index (χ1v) is 5.42. The summed E-state index contributed by atoms with van der Waals surface area (Å²) in [7, 11) is 1.30. The van der Waals surface area contributed by atoms with Crippen LogP contribution in [-0.2, 0) is 9.53 Å². The Kier molecular flexibility index (Phi) is 2.65. The third kappa shape index (κ3) is 2.02. The largest absolute Gasteiger partial charge is 0.464 e. The van der Waals surface area contributed by atoms with Crippen molar-refractivity contribution in [3.8, 4) is 0 Å². The minimum atomic E-state index is -0.492. The number of amides is 1. The number of carbonyl (C=O) groups excluding carboxylic acids is 2. The summed E-state index contributed by atoms with van der Waals surface area (Å²) in [5.41, 5.74) is 0.592. The number of H-pyrrole nitrogens is 1. The minimum Gasteiger partial charge on any atom is -0.464 e. The van der Waals surface area contributed by atoms with Gasteiger partial charge in [0.25, 0.3) is 0 Å². The monoisotopic (exact) mass is 237 g/mol. The molecule has 0 aromatic carbocycles. The van der Waals surface area contributed by atoms with Crippen molar-refractivity contribution in [3.05, 3.63) is 11.3 Å². The van der Waals surface area contributed by atoms with E-state index in [1.165, 1.54) is 7.11 Å². The normalized spacial score (nSPS) is 16.4. The Balaban J connectivity index is 2.15. The van der Waals surface area contributed by atoms with Gasteiger partial charge in [0.05, 0.1) is 7.11 Å². The molecule has 1 aromatic heterocycles. The summed E-state index contributed by atoms with van der Waals surface area (Å²) in [5, 5.41) is 9.19. The Bertz CT molecular complexity index is 474. The zero-order valence-corrected chi connectivity index (χ0v) is 10.1. The Morgan fingerprint density at radius 1 is 1.47 bits per heavy atom. The first kappa shape index (κ1) is 11.6. The fourth-order valence-corrected chi connectivity index (χ4v) is 1.49. The van der Waals surface area contributed by atoms with E-state index in [1.54, 1.807) is 6.92 Å². The van der Waals surface area contributed by atoms with Gasteiger partial charge in [-0.3, -0.25) is 9.89 Å². The molecule has 1 aliphatic rings. The molecule has 0 unspecified atom stereocenters. The van der Waals surface area contributed by atoms with Gasteiger partial charge in [0, 0.05) is 11.0 Å². The van der Waals surface area contributed by atoms with Gasteiger partial charge in [0.15, 0.2) is 5.82 Å². The van der Waals surface area contributed by atoms with Gasteiger partial charge < -0.3 is 10.1 Å². The van der Waals surface area contributed by atoms with Crippen molar-refractivity contribution in [1.82, 2.24) is 10.2 Å². The van der Waals surface area contributed by atoms with Crippen molar-refractivity contribution in [2.75, 3.05) is 12.4 Å². The van der Waals surface area contributed by atoms with E-state index >= 15 is 0 Å². The number of nitrogens with one attached hydrogen (secondary N) is 2. The lowest BCUT2D eigenvalue weighted by Gasteiger charge is -2.07. The van der Waals surface area contributed by atoms with E-state index in [9.17, 15) is 9.59 Å². The van der Waals surface area contributed by atoms with Crippen LogP contribution in [0.5, 0.6) is 0 Å². The van der Waals surface area contributed by atoms with E-state index in [0.717, 1.165) is 12.8 Å². The number of hydrogen-bond acceptors (Lipinski definition) is 4. The fourth-order valence-electron chi connectivity index (χ4n) is 1.49. The number of rotatable bonds is 3. The number of ether oxygens (including phenoxy) is 1. The highest BCUT2D eigenvalue weighted by molar-refractivity contribution is 5.98. The number of anilines is 1. The summed E-state index contributed by atoms with van der Waals surface area (Å²) in [5.74, 6) is -0.153. The maximum absolute atomic E-state index is 11.8. The number of aromatic amines is 1. The molecule has 6 nitrogen and oxygen atoms in total. The van der Waals surface area contributed by atoms with Gasteiger partial charge in [0.1, 0.15) is 5.69 Å². The summed E-state index contributed by atoms with van der Waals surface area (Å²) < 4.78 is 4.59. The number of carbonyl (C=O) groups is 2. The average molecular weight is 237 g/mol. The average Bonchev–Trinajstić information content (AvgIpc) is 2.96. The van der Waals surface area contributed by atoms with Crippen molar-refractivity contribution < 1.29 is 14.3 Å². The summed E-state index contributed by atoms with van der Waals surface area (Å²) >= 11 is 0. The predicted octanol–water partition coefficient (Wildman–Crippen LogP) is 1.24. The molecule has 2 N–H and O–H groups in total. The molecule has 17 heavy (non-hydrogen) atoms. The van der Waals surface area contributed by atoms with Gasteiger partial charge in [0.2, 0.25) is 5.91 Å². The first-order valence-electron chi connectivity index (χ1n) is 5.42. The first-order chi connectivity index (χ1) is 7.98. The number of methoxy groups -OCH3 is 1. The van der Waals surface area contributed by atoms with Crippen LogP contribution in [0.1, 0.15) is 35.8 Å². The molecule has 0 atom stereocenters. The minimum absolute atomic E-state index is 0.0523. The topological polar surface area (TPSA) is 84.1 Å². The molecule has 1 aromatic rings.